The average molecular weight is 222 g/mol. The summed E-state index contributed by atoms with van der Waals surface area (Å²) in [4.78, 5) is 16.1. The Balaban J connectivity index is 2.95. The van der Waals surface area contributed by atoms with Crippen LogP contribution < -0.4 is 5.73 Å². The van der Waals surface area contributed by atoms with Crippen LogP contribution in [0.25, 0.3) is 0 Å². The molecule has 0 bridgehead atoms. The van der Waals surface area contributed by atoms with Crippen molar-refractivity contribution in [2.75, 3.05) is 12.3 Å². The molecule has 0 aromatic carbocycles. The zero-order valence-electron chi connectivity index (χ0n) is 9.93. The number of carbonyl (C=O) groups excluding carboxylic acids is 1. The number of rotatable bonds is 5. The molecule has 88 valence electrons. The number of carbonyl (C=O) groups is 1. The molecular weight excluding hydrogens is 204 g/mol. The predicted molar refractivity (Wildman–Crippen MR) is 63.2 cm³/mol. The second-order valence-electron chi connectivity index (χ2n) is 3.95. The van der Waals surface area contributed by atoms with Gasteiger partial charge < -0.3 is 10.5 Å². The Morgan fingerprint density at radius 2 is 2.25 bits per heavy atom. The van der Waals surface area contributed by atoms with Crippen molar-refractivity contribution in [1.29, 1.82) is 0 Å². The fraction of sp³-hybridized carbons (Fsp3) is 0.500. The van der Waals surface area contributed by atoms with E-state index in [1.54, 1.807) is 12.3 Å². The van der Waals surface area contributed by atoms with Crippen molar-refractivity contribution in [2.45, 2.75) is 26.9 Å². The molecule has 1 unspecified atom stereocenters. The first kappa shape index (κ1) is 12.6. The van der Waals surface area contributed by atoms with E-state index in [0.29, 0.717) is 17.9 Å². The van der Waals surface area contributed by atoms with Gasteiger partial charge in [0.15, 0.2) is 5.78 Å². The Morgan fingerprint density at radius 1 is 1.56 bits per heavy atom. The third-order valence-corrected chi connectivity index (χ3v) is 2.33. The van der Waals surface area contributed by atoms with Crippen LogP contribution in [0, 0.1) is 5.92 Å². The molecule has 0 saturated heterocycles. The second-order valence-corrected chi connectivity index (χ2v) is 3.95. The predicted octanol–water partition coefficient (Wildman–Crippen LogP) is 1.91. The Morgan fingerprint density at radius 3 is 2.75 bits per heavy atom. The van der Waals surface area contributed by atoms with E-state index >= 15 is 0 Å². The van der Waals surface area contributed by atoms with Crippen LogP contribution in [-0.2, 0) is 4.74 Å². The molecule has 1 rings (SSSR count). The van der Waals surface area contributed by atoms with Crippen LogP contribution in [0.1, 0.15) is 31.1 Å². The molecule has 4 nitrogen and oxygen atoms in total. The van der Waals surface area contributed by atoms with Gasteiger partial charge in [-0.25, -0.2) is 0 Å². The van der Waals surface area contributed by atoms with Crippen LogP contribution in [0.5, 0.6) is 0 Å². The van der Waals surface area contributed by atoms with E-state index in [-0.39, 0.29) is 11.7 Å². The number of Topliss-reactive ketones (excluding diaryl/α,β-unsaturated/α-hetero) is 1. The summed E-state index contributed by atoms with van der Waals surface area (Å²) in [7, 11) is 0. The first-order chi connectivity index (χ1) is 7.57. The van der Waals surface area contributed by atoms with E-state index in [2.05, 4.69) is 4.98 Å². The van der Waals surface area contributed by atoms with Crippen molar-refractivity contribution in [3.8, 4) is 0 Å². The summed E-state index contributed by atoms with van der Waals surface area (Å²) in [6.07, 6.45) is 2.61. The fourth-order valence-corrected chi connectivity index (χ4v) is 1.51. The maximum Gasteiger partial charge on any atom is 0.195 e. The van der Waals surface area contributed by atoms with E-state index in [9.17, 15) is 4.79 Å². The summed E-state index contributed by atoms with van der Waals surface area (Å²) in [5, 5.41) is 0. The van der Waals surface area contributed by atoms with Gasteiger partial charge in [-0.15, -0.1) is 0 Å². The maximum absolute atomic E-state index is 12.2. The number of hydrogen-bond donors (Lipinski definition) is 1. The molecule has 1 atom stereocenters. The van der Waals surface area contributed by atoms with Crippen LogP contribution in [-0.4, -0.2) is 23.5 Å². The number of nitrogen functional groups attached to an aromatic ring is 1. The third-order valence-electron chi connectivity index (χ3n) is 2.33. The van der Waals surface area contributed by atoms with Gasteiger partial charge >= 0.3 is 0 Å². The van der Waals surface area contributed by atoms with Crippen LogP contribution in [0.2, 0.25) is 0 Å². The molecule has 4 heteroatoms. The number of nitrogens with zero attached hydrogens (tertiary/aromatic N) is 1. The van der Waals surface area contributed by atoms with Crippen molar-refractivity contribution >= 4 is 11.5 Å². The van der Waals surface area contributed by atoms with Gasteiger partial charge in [0, 0.05) is 24.7 Å². The lowest BCUT2D eigenvalue weighted by Crippen LogP contribution is -2.30. The molecule has 0 amide bonds. The minimum absolute atomic E-state index is 0.0950. The normalized spacial score (nSPS) is 12.8. The summed E-state index contributed by atoms with van der Waals surface area (Å²) in [5.41, 5.74) is 6.63. The van der Waals surface area contributed by atoms with Crippen molar-refractivity contribution in [1.82, 2.24) is 4.98 Å². The van der Waals surface area contributed by atoms with Crippen molar-refractivity contribution in [3.63, 3.8) is 0 Å². The summed E-state index contributed by atoms with van der Waals surface area (Å²) >= 11 is 0. The smallest absolute Gasteiger partial charge is 0.195 e. The Bertz CT molecular complexity index is 364. The molecule has 1 aromatic heterocycles. The van der Waals surface area contributed by atoms with Crippen molar-refractivity contribution in [3.05, 3.63) is 24.0 Å². The second kappa shape index (κ2) is 5.61. The highest BCUT2D eigenvalue weighted by Crippen LogP contribution is 2.17. The SMILES string of the molecule is CCOC(C(=O)c1cnccc1N)C(C)C. The van der Waals surface area contributed by atoms with E-state index < -0.39 is 6.10 Å². The first-order valence-corrected chi connectivity index (χ1v) is 5.43. The number of ether oxygens (including phenoxy) is 1. The third kappa shape index (κ3) is 2.79. The standard InChI is InChI=1S/C12H18N2O2/c1-4-16-12(8(2)3)11(15)9-7-14-6-5-10(9)13/h5-8,12H,4H2,1-3H3,(H2,13,14). The molecule has 16 heavy (non-hydrogen) atoms. The summed E-state index contributed by atoms with van der Waals surface area (Å²) < 4.78 is 5.44. The topological polar surface area (TPSA) is 65.2 Å². The van der Waals surface area contributed by atoms with E-state index in [4.69, 9.17) is 10.5 Å². The summed E-state index contributed by atoms with van der Waals surface area (Å²) in [5.74, 6) is 0.0227. The average Bonchev–Trinajstić information content (AvgIpc) is 2.25. The van der Waals surface area contributed by atoms with Crippen molar-refractivity contribution < 1.29 is 9.53 Å². The molecule has 0 aliphatic rings. The van der Waals surface area contributed by atoms with Gasteiger partial charge in [-0.2, -0.15) is 0 Å². The molecule has 1 heterocycles. The molecule has 2 N–H and O–H groups in total. The highest BCUT2D eigenvalue weighted by molar-refractivity contribution is 6.03. The molecule has 0 aliphatic heterocycles. The Kier molecular flexibility index (Phi) is 4.43. The molecule has 0 aliphatic carbocycles. The molecule has 0 radical (unpaired) electrons. The van der Waals surface area contributed by atoms with Gasteiger partial charge in [0.1, 0.15) is 6.10 Å². The number of ketones is 1. The number of anilines is 1. The Hall–Kier alpha value is -1.42. The number of nitrogens with two attached hydrogens (primary N) is 1. The van der Waals surface area contributed by atoms with Gasteiger partial charge in [0.2, 0.25) is 0 Å². The van der Waals surface area contributed by atoms with Gasteiger partial charge in [-0.1, -0.05) is 13.8 Å². The number of aromatic nitrogens is 1. The lowest BCUT2D eigenvalue weighted by atomic mass is 9.98. The zero-order valence-corrected chi connectivity index (χ0v) is 9.93. The number of hydrogen-bond acceptors (Lipinski definition) is 4. The summed E-state index contributed by atoms with van der Waals surface area (Å²) in [6, 6.07) is 1.62. The maximum atomic E-state index is 12.2. The van der Waals surface area contributed by atoms with E-state index in [1.807, 2.05) is 20.8 Å². The van der Waals surface area contributed by atoms with Gasteiger partial charge in [-0.05, 0) is 18.9 Å². The monoisotopic (exact) mass is 222 g/mol. The van der Waals surface area contributed by atoms with Crippen LogP contribution in [0.4, 0.5) is 5.69 Å². The van der Waals surface area contributed by atoms with Crippen molar-refractivity contribution in [2.24, 2.45) is 5.92 Å². The van der Waals surface area contributed by atoms with Crippen LogP contribution in [0.3, 0.4) is 0 Å². The van der Waals surface area contributed by atoms with Gasteiger partial charge in [0.05, 0.1) is 5.56 Å². The first-order valence-electron chi connectivity index (χ1n) is 5.43. The molecule has 0 spiro atoms. The minimum Gasteiger partial charge on any atom is -0.398 e. The fourth-order valence-electron chi connectivity index (χ4n) is 1.51. The van der Waals surface area contributed by atoms with Gasteiger partial charge in [-0.3, -0.25) is 9.78 Å². The lowest BCUT2D eigenvalue weighted by Gasteiger charge is -2.19. The van der Waals surface area contributed by atoms with Crippen LogP contribution in [0.15, 0.2) is 18.5 Å². The minimum atomic E-state index is -0.448. The van der Waals surface area contributed by atoms with E-state index in [1.165, 1.54) is 6.20 Å². The quantitative estimate of drug-likeness (QED) is 0.773. The molecular formula is C12H18N2O2. The lowest BCUT2D eigenvalue weighted by molar-refractivity contribution is 0.0280. The molecule has 0 saturated carbocycles. The van der Waals surface area contributed by atoms with E-state index in [0.717, 1.165) is 0 Å². The highest BCUT2D eigenvalue weighted by atomic mass is 16.5. The zero-order chi connectivity index (χ0) is 12.1. The largest absolute Gasteiger partial charge is 0.398 e. The number of pyridine rings is 1. The Labute approximate surface area is 95.8 Å². The summed E-state index contributed by atoms with van der Waals surface area (Å²) in [6.45, 7) is 6.28. The molecule has 0 fully saturated rings. The van der Waals surface area contributed by atoms with Gasteiger partial charge in [0.25, 0.3) is 0 Å². The highest BCUT2D eigenvalue weighted by Gasteiger charge is 2.25. The van der Waals surface area contributed by atoms with Crippen LogP contribution >= 0.6 is 0 Å². The molecule has 1 aromatic rings.